The van der Waals surface area contributed by atoms with Crippen LogP contribution in [0.1, 0.15) is 28.7 Å². The highest BCUT2D eigenvalue weighted by Gasteiger charge is 2.19. The number of carbonyl (C=O) groups is 1. The zero-order valence-electron chi connectivity index (χ0n) is 19.8. The van der Waals surface area contributed by atoms with Crippen LogP contribution in [0.15, 0.2) is 42.5 Å². The summed E-state index contributed by atoms with van der Waals surface area (Å²) >= 11 is 0. The Balaban J connectivity index is 1.60. The molecule has 0 saturated carbocycles. The van der Waals surface area contributed by atoms with Crippen LogP contribution in [0.5, 0.6) is 11.6 Å². The van der Waals surface area contributed by atoms with E-state index in [2.05, 4.69) is 32.1 Å². The lowest BCUT2D eigenvalue weighted by Crippen LogP contribution is -2.44. The number of carbonyl (C=O) groups excluding carboxylic acids is 1. The maximum Gasteiger partial charge on any atom is 0.271 e. The summed E-state index contributed by atoms with van der Waals surface area (Å²) in [6, 6.07) is 14.7. The van der Waals surface area contributed by atoms with E-state index in [4.69, 9.17) is 21.5 Å². The molecular formula is C25H28N8O2. The van der Waals surface area contributed by atoms with Crippen LogP contribution in [0.4, 0.5) is 22.9 Å². The van der Waals surface area contributed by atoms with Crippen LogP contribution in [0, 0.1) is 11.3 Å². The molecule has 0 unspecified atom stereocenters. The van der Waals surface area contributed by atoms with Crippen LogP contribution < -0.4 is 26.4 Å². The van der Waals surface area contributed by atoms with Gasteiger partial charge in [0, 0.05) is 43.6 Å². The van der Waals surface area contributed by atoms with Crippen molar-refractivity contribution in [3.63, 3.8) is 0 Å². The first kappa shape index (κ1) is 23.8. The Hall–Kier alpha value is -4.36. The summed E-state index contributed by atoms with van der Waals surface area (Å²) in [5, 5.41) is 12.2. The molecule has 1 aliphatic rings. The van der Waals surface area contributed by atoms with E-state index >= 15 is 0 Å². The molecule has 1 fully saturated rings. The van der Waals surface area contributed by atoms with Crippen LogP contribution >= 0.6 is 0 Å². The maximum absolute atomic E-state index is 12.1. The van der Waals surface area contributed by atoms with Gasteiger partial charge in [-0.3, -0.25) is 4.79 Å². The summed E-state index contributed by atoms with van der Waals surface area (Å²) in [6.45, 7) is 5.86. The Morgan fingerprint density at radius 1 is 1.14 bits per heavy atom. The summed E-state index contributed by atoms with van der Waals surface area (Å²) in [4.78, 5) is 25.7. The second-order valence-corrected chi connectivity index (χ2v) is 8.32. The normalized spacial score (nSPS) is 13.8. The van der Waals surface area contributed by atoms with Crippen molar-refractivity contribution in [2.45, 2.75) is 13.3 Å². The minimum atomic E-state index is -0.696. The molecule has 2 aromatic carbocycles. The summed E-state index contributed by atoms with van der Waals surface area (Å²) in [5.41, 5.74) is 14.5. The number of nitrogen functional groups attached to an aromatic ring is 1. The lowest BCUT2D eigenvalue weighted by molar-refractivity contribution is 0.0996. The van der Waals surface area contributed by atoms with Gasteiger partial charge in [0.2, 0.25) is 5.88 Å². The lowest BCUT2D eigenvalue weighted by atomic mass is 10.2. The van der Waals surface area contributed by atoms with Crippen molar-refractivity contribution in [1.29, 1.82) is 5.26 Å². The van der Waals surface area contributed by atoms with E-state index in [-0.39, 0.29) is 17.4 Å². The van der Waals surface area contributed by atoms with Crippen molar-refractivity contribution in [1.82, 2.24) is 14.9 Å². The minimum Gasteiger partial charge on any atom is -0.437 e. The highest BCUT2D eigenvalue weighted by atomic mass is 16.5. The van der Waals surface area contributed by atoms with Gasteiger partial charge in [0.25, 0.3) is 5.91 Å². The van der Waals surface area contributed by atoms with Gasteiger partial charge < -0.3 is 31.3 Å². The van der Waals surface area contributed by atoms with E-state index < -0.39 is 5.91 Å². The van der Waals surface area contributed by atoms with E-state index in [1.54, 1.807) is 18.2 Å². The van der Waals surface area contributed by atoms with E-state index in [0.29, 0.717) is 29.1 Å². The molecule has 3 aromatic rings. The third-order valence-electron chi connectivity index (χ3n) is 5.86. The quantitative estimate of drug-likeness (QED) is 0.442. The van der Waals surface area contributed by atoms with E-state index in [9.17, 15) is 4.79 Å². The second kappa shape index (κ2) is 10.3. The van der Waals surface area contributed by atoms with Gasteiger partial charge in [0.1, 0.15) is 17.5 Å². The number of rotatable bonds is 7. The number of nitrogens with one attached hydrogen (secondary N) is 1. The highest BCUT2D eigenvalue weighted by molar-refractivity contribution is 5.96. The summed E-state index contributed by atoms with van der Waals surface area (Å²) in [6.07, 6.45) is 0.467. The number of aryl methyl sites for hydroxylation is 1. The molecule has 0 aliphatic carbocycles. The SMILES string of the molecule is CCc1nc(C(N)=O)c(Nc2ccc(N3CCN(C)CC3)cc2)nc1Oc1ccc(C#N)c(N)c1. The number of likely N-dealkylation sites (N-methyl/N-ethyl adjacent to an activating group) is 1. The number of aromatic nitrogens is 2. The third kappa shape index (κ3) is 5.42. The Morgan fingerprint density at radius 3 is 2.46 bits per heavy atom. The Bertz CT molecular complexity index is 1260. The molecule has 0 atom stereocenters. The highest BCUT2D eigenvalue weighted by Crippen LogP contribution is 2.30. The van der Waals surface area contributed by atoms with Crippen molar-refractivity contribution >= 4 is 28.8 Å². The predicted molar refractivity (Wildman–Crippen MR) is 135 cm³/mol. The zero-order chi connectivity index (χ0) is 24.9. The molecule has 1 amide bonds. The van der Waals surface area contributed by atoms with E-state index in [1.807, 2.05) is 37.3 Å². The number of amides is 1. The molecule has 0 radical (unpaired) electrons. The molecule has 0 spiro atoms. The number of hydrogen-bond acceptors (Lipinski definition) is 9. The first-order valence-electron chi connectivity index (χ1n) is 11.4. The summed E-state index contributed by atoms with van der Waals surface area (Å²) in [7, 11) is 2.12. The van der Waals surface area contributed by atoms with Gasteiger partial charge in [-0.1, -0.05) is 6.92 Å². The topological polar surface area (TPSA) is 146 Å². The number of nitrogens with zero attached hydrogens (tertiary/aromatic N) is 5. The molecule has 1 saturated heterocycles. The fraction of sp³-hybridized carbons (Fsp3) is 0.280. The summed E-state index contributed by atoms with van der Waals surface area (Å²) in [5.74, 6) is 0.120. The van der Waals surface area contributed by atoms with Crippen molar-refractivity contribution in [2.75, 3.05) is 49.2 Å². The Kier molecular flexibility index (Phi) is 6.98. The number of nitriles is 1. The lowest BCUT2D eigenvalue weighted by Gasteiger charge is -2.34. The van der Waals surface area contributed by atoms with Crippen molar-refractivity contribution in [3.05, 3.63) is 59.4 Å². The van der Waals surface area contributed by atoms with Gasteiger partial charge in [-0.05, 0) is 49.9 Å². The van der Waals surface area contributed by atoms with Gasteiger partial charge >= 0.3 is 0 Å². The minimum absolute atomic E-state index is 0.0247. The molecule has 5 N–H and O–H groups in total. The molecule has 10 nitrogen and oxygen atoms in total. The Labute approximate surface area is 204 Å². The van der Waals surface area contributed by atoms with Gasteiger partial charge in [-0.2, -0.15) is 10.2 Å². The van der Waals surface area contributed by atoms with Crippen molar-refractivity contribution in [2.24, 2.45) is 5.73 Å². The molecule has 4 rings (SSSR count). The number of nitrogens with two attached hydrogens (primary N) is 2. The van der Waals surface area contributed by atoms with Gasteiger partial charge in [-0.15, -0.1) is 0 Å². The number of benzene rings is 2. The number of anilines is 4. The van der Waals surface area contributed by atoms with Crippen molar-refractivity contribution in [3.8, 4) is 17.7 Å². The second-order valence-electron chi connectivity index (χ2n) is 8.32. The van der Waals surface area contributed by atoms with E-state index in [0.717, 1.165) is 37.6 Å². The van der Waals surface area contributed by atoms with Crippen LogP contribution in [0.3, 0.4) is 0 Å². The Morgan fingerprint density at radius 2 is 1.86 bits per heavy atom. The van der Waals surface area contributed by atoms with Gasteiger partial charge in [0.05, 0.1) is 11.3 Å². The number of hydrogen-bond donors (Lipinski definition) is 3. The molecule has 180 valence electrons. The zero-order valence-corrected chi connectivity index (χ0v) is 19.8. The van der Waals surface area contributed by atoms with Crippen LogP contribution in [-0.2, 0) is 6.42 Å². The number of primary amides is 1. The predicted octanol–water partition coefficient (Wildman–Crippen LogP) is 2.88. The number of piperazine rings is 1. The first-order valence-corrected chi connectivity index (χ1v) is 11.4. The van der Waals surface area contributed by atoms with Crippen LogP contribution in [-0.4, -0.2) is 54.0 Å². The van der Waals surface area contributed by atoms with Gasteiger partial charge in [0.15, 0.2) is 11.5 Å². The van der Waals surface area contributed by atoms with Gasteiger partial charge in [-0.25, -0.2) is 4.98 Å². The molecule has 1 aliphatic heterocycles. The van der Waals surface area contributed by atoms with Crippen LogP contribution in [0.25, 0.3) is 0 Å². The van der Waals surface area contributed by atoms with Crippen molar-refractivity contribution < 1.29 is 9.53 Å². The van der Waals surface area contributed by atoms with Crippen LogP contribution in [0.2, 0.25) is 0 Å². The first-order chi connectivity index (χ1) is 16.9. The fourth-order valence-electron chi connectivity index (χ4n) is 3.80. The molecule has 1 aromatic heterocycles. The molecule has 10 heteroatoms. The standard InChI is InChI=1S/C25H28N8O2/c1-3-21-25(35-19-9-4-16(15-26)20(27)14-19)31-24(22(30-21)23(28)34)29-17-5-7-18(8-6-17)33-12-10-32(2)11-13-33/h4-9,14H,3,10-13,27H2,1-2H3,(H2,28,34)(H,29,31). The molecule has 0 bridgehead atoms. The largest absolute Gasteiger partial charge is 0.437 e. The van der Waals surface area contributed by atoms with E-state index in [1.165, 1.54) is 0 Å². The molecule has 2 heterocycles. The monoisotopic (exact) mass is 472 g/mol. The third-order valence-corrected chi connectivity index (χ3v) is 5.86. The smallest absolute Gasteiger partial charge is 0.271 e. The molecule has 35 heavy (non-hydrogen) atoms. The summed E-state index contributed by atoms with van der Waals surface area (Å²) < 4.78 is 5.94. The number of ether oxygens (including phenoxy) is 1. The average molecular weight is 473 g/mol. The molecular weight excluding hydrogens is 444 g/mol. The average Bonchev–Trinajstić information content (AvgIpc) is 2.85. The maximum atomic E-state index is 12.1. The fourth-order valence-corrected chi connectivity index (χ4v) is 3.80.